The molecule has 1 aliphatic heterocycles. The van der Waals surface area contributed by atoms with Crippen LogP contribution in [0.25, 0.3) is 15.2 Å². The number of amides is 1. The molecule has 0 radical (unpaired) electrons. The first-order valence-electron chi connectivity index (χ1n) is 22.1. The largest absolute Gasteiger partial charge is 0.493 e. The van der Waals surface area contributed by atoms with Crippen molar-refractivity contribution >= 4 is 46.2 Å². The Hall–Kier alpha value is -5.22. The number of fused-ring (bicyclic) bond motifs is 1. The predicted molar refractivity (Wildman–Crippen MR) is 246 cm³/mol. The Morgan fingerprint density at radius 1 is 0.937 bits per heavy atom. The van der Waals surface area contributed by atoms with E-state index in [1.165, 1.54) is 37.7 Å². The molecule has 3 aromatic carbocycles. The van der Waals surface area contributed by atoms with Crippen molar-refractivity contribution in [2.45, 2.75) is 109 Å². The smallest absolute Gasteiger partial charge is 0.332 e. The van der Waals surface area contributed by atoms with Crippen molar-refractivity contribution in [3.05, 3.63) is 129 Å². The van der Waals surface area contributed by atoms with Crippen LogP contribution in [0.2, 0.25) is 5.04 Å². The maximum Gasteiger partial charge on any atom is 0.332 e. The van der Waals surface area contributed by atoms with E-state index in [0.717, 1.165) is 59.9 Å². The number of benzene rings is 3. The summed E-state index contributed by atoms with van der Waals surface area (Å²) in [5.74, 6) is 0.00974. The molecule has 0 unspecified atom stereocenters. The number of rotatable bonds is 16. The molecule has 1 saturated carbocycles. The van der Waals surface area contributed by atoms with E-state index >= 15 is 4.39 Å². The van der Waals surface area contributed by atoms with Crippen LogP contribution in [-0.2, 0) is 16.1 Å². The van der Waals surface area contributed by atoms with Gasteiger partial charge in [0.25, 0.3) is 13.9 Å². The predicted octanol–water partition coefficient (Wildman–Crippen LogP) is 7.07. The summed E-state index contributed by atoms with van der Waals surface area (Å²) < 4.78 is 31.4. The molecule has 332 valence electrons. The van der Waals surface area contributed by atoms with Crippen molar-refractivity contribution in [1.82, 2.24) is 29.0 Å². The molecule has 15 heteroatoms. The fraction of sp³-hybridized carbons (Fsp3) is 0.438. The average Bonchev–Trinajstić information content (AvgIpc) is 4.03. The molecule has 2 atom stereocenters. The Morgan fingerprint density at radius 3 is 2.19 bits per heavy atom. The van der Waals surface area contributed by atoms with Gasteiger partial charge in [-0.3, -0.25) is 14.2 Å². The zero-order valence-electron chi connectivity index (χ0n) is 36.7. The van der Waals surface area contributed by atoms with Crippen molar-refractivity contribution in [1.29, 1.82) is 0 Å². The fourth-order valence-corrected chi connectivity index (χ4v) is 14.9. The number of unbranched alkanes of at least 4 members (excludes halogenated alkanes) is 1. The minimum absolute atomic E-state index is 0.0778. The van der Waals surface area contributed by atoms with Gasteiger partial charge in [0.15, 0.2) is 0 Å². The van der Waals surface area contributed by atoms with Gasteiger partial charge in [-0.15, -0.1) is 4.80 Å². The molecular weight excluding hydrogens is 836 g/mol. The van der Waals surface area contributed by atoms with Crippen molar-refractivity contribution < 1.29 is 23.5 Å². The Balaban J connectivity index is 1.14. The van der Waals surface area contributed by atoms with Gasteiger partial charge in [-0.2, -0.15) is 10.2 Å². The quantitative estimate of drug-likeness (QED) is 0.0806. The third kappa shape index (κ3) is 8.60. The molecule has 12 nitrogen and oxygen atoms in total. The van der Waals surface area contributed by atoms with Crippen LogP contribution in [0.4, 0.5) is 4.39 Å². The van der Waals surface area contributed by atoms with E-state index in [1.807, 2.05) is 36.4 Å². The number of halogens is 1. The second-order valence-corrected chi connectivity index (χ2v) is 22.8. The normalized spacial score (nSPS) is 18.9. The van der Waals surface area contributed by atoms with E-state index in [0.29, 0.717) is 57.6 Å². The van der Waals surface area contributed by atoms with Crippen LogP contribution in [0.3, 0.4) is 0 Å². The number of carbonyl (C=O) groups is 1. The van der Waals surface area contributed by atoms with E-state index in [4.69, 9.17) is 9.47 Å². The standard InChI is InChI=1S/C48H57FN6O6SSi/c1-6-7-28-60-40-23-20-34(49)29-38(40)41(61-35-21-18-33(19-22-35)30-48(3,4)63(59,36-14-10-8-11-15-36)37-16-12-9-13-17-37)31-53-46-42(32(2)45(62-46)55-50-25-26-51-55)44(57)54(47(53)58)39-24-27-52(5)43(39)56/h8-17,20,23,25-26,29,33,35,39,41,59H,6-7,18-19,21-22,24,27-28,30-31H2,1-5H3/t33-,35+,39-,41+/m1/s1. The molecule has 1 saturated heterocycles. The van der Waals surface area contributed by atoms with Crippen LogP contribution in [0.1, 0.15) is 95.4 Å². The molecule has 4 heterocycles. The highest BCUT2D eigenvalue weighted by molar-refractivity contribution is 7.21. The third-order valence-corrected chi connectivity index (χ3v) is 19.0. The van der Waals surface area contributed by atoms with E-state index < -0.39 is 42.6 Å². The third-order valence-electron chi connectivity index (χ3n) is 13.3. The lowest BCUT2D eigenvalue weighted by molar-refractivity contribution is -0.129. The molecule has 2 aliphatic rings. The lowest BCUT2D eigenvalue weighted by atomic mass is 9.82. The van der Waals surface area contributed by atoms with E-state index in [1.54, 1.807) is 32.4 Å². The molecule has 0 spiro atoms. The number of hydrogen-bond acceptors (Lipinski definition) is 9. The molecule has 1 amide bonds. The van der Waals surface area contributed by atoms with Crippen LogP contribution >= 0.6 is 11.3 Å². The van der Waals surface area contributed by atoms with Gasteiger partial charge in [-0.25, -0.2) is 13.8 Å². The Labute approximate surface area is 372 Å². The summed E-state index contributed by atoms with van der Waals surface area (Å²) in [4.78, 5) is 59.0. The SMILES string of the molecule is CCCCOc1ccc(F)cc1[C@H](Cn1c(=O)n([C@@H]2CCN(C)C2=O)c(=O)c2c(C)c(-n3nccn3)sc21)O[C@H]1CC[C@@H](CC(C)(C)[Si](O)(c2ccccc2)c2ccccc2)CC1. The molecule has 8 rings (SSSR count). The summed E-state index contributed by atoms with van der Waals surface area (Å²) in [5, 5.41) is 11.1. The van der Waals surface area contributed by atoms with Crippen LogP contribution < -0.4 is 26.4 Å². The number of carbonyl (C=O) groups excluding carboxylic acids is 1. The van der Waals surface area contributed by atoms with E-state index in [-0.39, 0.29) is 18.6 Å². The zero-order chi connectivity index (χ0) is 44.5. The van der Waals surface area contributed by atoms with E-state index in [2.05, 4.69) is 55.2 Å². The minimum atomic E-state index is -3.21. The highest BCUT2D eigenvalue weighted by Gasteiger charge is 2.51. The summed E-state index contributed by atoms with van der Waals surface area (Å²) in [6.07, 6.45) is 7.95. The number of thiophene rings is 1. The first-order chi connectivity index (χ1) is 30.3. The van der Waals surface area contributed by atoms with Crippen molar-refractivity contribution in [2.75, 3.05) is 20.2 Å². The van der Waals surface area contributed by atoms with Gasteiger partial charge >= 0.3 is 5.69 Å². The first-order valence-corrected chi connectivity index (χ1v) is 24.9. The Kier molecular flexibility index (Phi) is 13.0. The van der Waals surface area contributed by atoms with E-state index in [9.17, 15) is 19.2 Å². The monoisotopic (exact) mass is 892 g/mol. The number of likely N-dealkylation sites (tertiary alicyclic amines) is 1. The van der Waals surface area contributed by atoms with Gasteiger partial charge in [0.05, 0.1) is 37.0 Å². The number of nitrogens with zero attached hydrogens (tertiary/aromatic N) is 6. The molecular formula is C48H57FN6O6SSi. The number of likely N-dealkylation sites (N-methyl/N-ethyl adjacent to an activating group) is 1. The molecule has 6 aromatic rings. The Morgan fingerprint density at radius 2 is 1.59 bits per heavy atom. The Bertz CT molecular complexity index is 2620. The molecule has 0 bridgehead atoms. The molecule has 1 N–H and O–H groups in total. The second kappa shape index (κ2) is 18.5. The van der Waals surface area contributed by atoms with Crippen LogP contribution in [-0.4, -0.2) is 74.4 Å². The number of aryl methyl sites for hydroxylation is 1. The van der Waals surface area contributed by atoms with Gasteiger partial charge in [-0.05, 0) is 91.4 Å². The summed E-state index contributed by atoms with van der Waals surface area (Å²) in [6, 6.07) is 23.6. The number of hydrogen-bond donors (Lipinski definition) is 1. The second-order valence-electron chi connectivity index (χ2n) is 17.8. The van der Waals surface area contributed by atoms with Gasteiger partial charge in [0, 0.05) is 24.7 Å². The maximum atomic E-state index is 15.4. The van der Waals surface area contributed by atoms with Gasteiger partial charge in [-0.1, -0.05) is 99.2 Å². The topological polar surface area (TPSA) is 134 Å². The van der Waals surface area contributed by atoms with Gasteiger partial charge < -0.3 is 19.2 Å². The maximum absolute atomic E-state index is 15.4. The average molecular weight is 893 g/mol. The van der Waals surface area contributed by atoms with Gasteiger partial charge in [0.2, 0.25) is 5.91 Å². The van der Waals surface area contributed by atoms with Crippen molar-refractivity contribution in [3.63, 3.8) is 0 Å². The number of ether oxygens (including phenoxy) is 2. The molecule has 3 aromatic heterocycles. The summed E-state index contributed by atoms with van der Waals surface area (Å²) in [7, 11) is -1.55. The van der Waals surface area contributed by atoms with Crippen LogP contribution in [0.15, 0.2) is 101 Å². The highest BCUT2D eigenvalue weighted by atomic mass is 32.1. The fourth-order valence-electron chi connectivity index (χ4n) is 9.83. The summed E-state index contributed by atoms with van der Waals surface area (Å²) in [5.41, 5.74) is -0.136. The lowest BCUT2D eigenvalue weighted by Crippen LogP contribution is -2.65. The van der Waals surface area contributed by atoms with Crippen molar-refractivity contribution in [3.8, 4) is 10.8 Å². The summed E-state index contributed by atoms with van der Waals surface area (Å²) >= 11 is 1.21. The van der Waals surface area contributed by atoms with Crippen LogP contribution in [0.5, 0.6) is 5.75 Å². The minimum Gasteiger partial charge on any atom is -0.493 e. The van der Waals surface area contributed by atoms with Gasteiger partial charge in [0.1, 0.15) is 33.5 Å². The van der Waals surface area contributed by atoms with Crippen LogP contribution in [0, 0.1) is 18.7 Å². The molecule has 2 fully saturated rings. The molecule has 63 heavy (non-hydrogen) atoms. The lowest BCUT2D eigenvalue weighted by Gasteiger charge is -2.44. The highest BCUT2D eigenvalue weighted by Crippen LogP contribution is 2.46. The molecule has 1 aliphatic carbocycles. The summed E-state index contributed by atoms with van der Waals surface area (Å²) in [6.45, 7) is 9.02. The number of aromatic nitrogens is 5. The van der Waals surface area contributed by atoms with Crippen molar-refractivity contribution in [2.24, 2.45) is 5.92 Å². The first kappa shape index (κ1) is 44.4. The zero-order valence-corrected chi connectivity index (χ0v) is 38.5.